The molecule has 1 heterocycles. The topological polar surface area (TPSA) is 52.6 Å². The molecule has 2 unspecified atom stereocenters. The van der Waals surface area contributed by atoms with E-state index in [1.54, 1.807) is 18.7 Å². The fourth-order valence-corrected chi connectivity index (χ4v) is 3.62. The maximum atomic E-state index is 12.5. The molecule has 2 rings (SSSR count). The molecule has 2 amide bonds. The predicted molar refractivity (Wildman–Crippen MR) is 92.4 cm³/mol. The number of piperidine rings is 1. The smallest absolute Gasteiger partial charge is 0.321 e. The van der Waals surface area contributed by atoms with Gasteiger partial charge in [-0.3, -0.25) is 0 Å². The first-order chi connectivity index (χ1) is 10.5. The maximum Gasteiger partial charge on any atom is 0.321 e. The molecule has 1 aromatic carbocycles. The lowest BCUT2D eigenvalue weighted by Crippen LogP contribution is -2.44. The van der Waals surface area contributed by atoms with Crippen molar-refractivity contribution in [2.45, 2.75) is 49.9 Å². The number of carbonyl (C=O) groups excluding carboxylic acids is 1. The Morgan fingerprint density at radius 3 is 2.77 bits per heavy atom. The van der Waals surface area contributed by atoms with E-state index in [-0.39, 0.29) is 18.1 Å². The lowest BCUT2D eigenvalue weighted by molar-refractivity contribution is 0.0766. The number of thioether (sulfide) groups is 1. The molecule has 0 bridgehead atoms. The van der Waals surface area contributed by atoms with Gasteiger partial charge >= 0.3 is 6.03 Å². The fraction of sp³-hybridized carbons (Fsp3) is 0.588. The van der Waals surface area contributed by atoms with Crippen LogP contribution in [0, 0.1) is 5.92 Å². The van der Waals surface area contributed by atoms with Gasteiger partial charge in [0, 0.05) is 29.2 Å². The summed E-state index contributed by atoms with van der Waals surface area (Å²) in [4.78, 5) is 15.4. The Morgan fingerprint density at radius 2 is 2.09 bits per heavy atom. The molecule has 1 aliphatic heterocycles. The minimum atomic E-state index is -0.362. The van der Waals surface area contributed by atoms with Crippen LogP contribution in [0.3, 0.4) is 0 Å². The minimum absolute atomic E-state index is 0.0674. The van der Waals surface area contributed by atoms with Gasteiger partial charge in [-0.1, -0.05) is 26.0 Å². The van der Waals surface area contributed by atoms with Gasteiger partial charge in [-0.05, 0) is 31.9 Å². The number of para-hydroxylation sites is 1. The van der Waals surface area contributed by atoms with Crippen molar-refractivity contribution in [2.24, 2.45) is 5.92 Å². The largest absolute Gasteiger partial charge is 0.393 e. The molecule has 1 aliphatic rings. The van der Waals surface area contributed by atoms with Gasteiger partial charge in [-0.15, -0.1) is 11.8 Å². The number of rotatable bonds is 4. The molecule has 22 heavy (non-hydrogen) atoms. The van der Waals surface area contributed by atoms with Crippen LogP contribution in [-0.2, 0) is 0 Å². The van der Waals surface area contributed by atoms with Crippen LogP contribution >= 0.6 is 11.8 Å². The lowest BCUT2D eigenvalue weighted by atomic mass is 9.94. The highest BCUT2D eigenvalue weighted by Gasteiger charge is 2.26. The van der Waals surface area contributed by atoms with Gasteiger partial charge in [-0.2, -0.15) is 0 Å². The first kappa shape index (κ1) is 17.2. The predicted octanol–water partition coefficient (Wildman–Crippen LogP) is 3.81. The standard InChI is InChI=1S/C17H26N2O2S/c1-12(2)22-16-9-5-4-8-15(16)18-17(21)19-10-6-7-14(11-19)13(3)20/h4-5,8-9,12-14,20H,6-7,10-11H2,1-3H3,(H,18,21). The number of carbonyl (C=O) groups is 1. The van der Waals surface area contributed by atoms with Crippen LogP contribution in [0.1, 0.15) is 33.6 Å². The number of urea groups is 1. The zero-order valence-electron chi connectivity index (χ0n) is 13.6. The third-order valence-electron chi connectivity index (χ3n) is 3.92. The van der Waals surface area contributed by atoms with E-state index in [4.69, 9.17) is 0 Å². The van der Waals surface area contributed by atoms with Crippen molar-refractivity contribution in [1.29, 1.82) is 0 Å². The van der Waals surface area contributed by atoms with E-state index in [9.17, 15) is 9.90 Å². The second-order valence-electron chi connectivity index (χ2n) is 6.18. The molecule has 0 spiro atoms. The summed E-state index contributed by atoms with van der Waals surface area (Å²) in [6.45, 7) is 7.47. The molecule has 0 radical (unpaired) electrons. The molecule has 1 aromatic rings. The monoisotopic (exact) mass is 322 g/mol. The first-order valence-electron chi connectivity index (χ1n) is 7.97. The van der Waals surface area contributed by atoms with Gasteiger partial charge in [0.15, 0.2) is 0 Å². The van der Waals surface area contributed by atoms with E-state index >= 15 is 0 Å². The third kappa shape index (κ3) is 4.65. The SMILES string of the molecule is CC(C)Sc1ccccc1NC(=O)N1CCCC(C(C)O)C1. The van der Waals surface area contributed by atoms with Gasteiger partial charge in [-0.25, -0.2) is 4.79 Å². The molecule has 122 valence electrons. The third-order valence-corrected chi connectivity index (χ3v) is 5.00. The molecular formula is C17H26N2O2S. The van der Waals surface area contributed by atoms with Crippen LogP contribution < -0.4 is 5.32 Å². The average Bonchev–Trinajstić information content (AvgIpc) is 2.49. The van der Waals surface area contributed by atoms with E-state index in [0.29, 0.717) is 11.8 Å². The van der Waals surface area contributed by atoms with Crippen LogP contribution in [0.5, 0.6) is 0 Å². The number of benzene rings is 1. The van der Waals surface area contributed by atoms with Crippen LogP contribution in [0.4, 0.5) is 10.5 Å². The molecule has 2 atom stereocenters. The fourth-order valence-electron chi connectivity index (χ4n) is 2.71. The van der Waals surface area contributed by atoms with Gasteiger partial charge < -0.3 is 15.3 Å². The van der Waals surface area contributed by atoms with Crippen LogP contribution in [0.15, 0.2) is 29.2 Å². The summed E-state index contributed by atoms with van der Waals surface area (Å²) in [5.41, 5.74) is 0.866. The number of hydrogen-bond acceptors (Lipinski definition) is 3. The summed E-state index contributed by atoms with van der Waals surface area (Å²) in [5, 5.41) is 13.2. The number of amides is 2. The Morgan fingerprint density at radius 1 is 1.36 bits per heavy atom. The Balaban J connectivity index is 2.02. The molecule has 0 saturated carbocycles. The van der Waals surface area contributed by atoms with Crippen LogP contribution in [0.2, 0.25) is 0 Å². The van der Waals surface area contributed by atoms with Gasteiger partial charge in [0.05, 0.1) is 11.8 Å². The van der Waals surface area contributed by atoms with Crippen molar-refractivity contribution in [3.63, 3.8) is 0 Å². The maximum absolute atomic E-state index is 12.5. The van der Waals surface area contributed by atoms with Crippen LogP contribution in [-0.4, -0.2) is 40.5 Å². The molecule has 1 fully saturated rings. The number of nitrogens with one attached hydrogen (secondary N) is 1. The molecule has 1 saturated heterocycles. The van der Waals surface area contributed by atoms with Gasteiger partial charge in [0.1, 0.15) is 0 Å². The summed E-state index contributed by atoms with van der Waals surface area (Å²) in [6, 6.07) is 7.84. The highest BCUT2D eigenvalue weighted by molar-refractivity contribution is 8.00. The van der Waals surface area contributed by atoms with E-state index in [0.717, 1.165) is 30.0 Å². The molecule has 4 nitrogen and oxygen atoms in total. The number of hydrogen-bond donors (Lipinski definition) is 2. The van der Waals surface area contributed by atoms with E-state index < -0.39 is 0 Å². The number of aliphatic hydroxyl groups excluding tert-OH is 1. The highest BCUT2D eigenvalue weighted by Crippen LogP contribution is 2.30. The highest BCUT2D eigenvalue weighted by atomic mass is 32.2. The molecule has 2 N–H and O–H groups in total. The second-order valence-corrected chi connectivity index (χ2v) is 7.80. The van der Waals surface area contributed by atoms with Gasteiger partial charge in [0.25, 0.3) is 0 Å². The number of nitrogens with zero attached hydrogens (tertiary/aromatic N) is 1. The number of aliphatic hydroxyl groups is 1. The summed E-state index contributed by atoms with van der Waals surface area (Å²) in [6.07, 6.45) is 1.58. The normalized spacial score (nSPS) is 20.0. The summed E-state index contributed by atoms with van der Waals surface area (Å²) < 4.78 is 0. The van der Waals surface area contributed by atoms with Crippen molar-refractivity contribution in [2.75, 3.05) is 18.4 Å². The van der Waals surface area contributed by atoms with Crippen molar-refractivity contribution in [1.82, 2.24) is 4.90 Å². The average molecular weight is 322 g/mol. The van der Waals surface area contributed by atoms with Crippen molar-refractivity contribution in [3.8, 4) is 0 Å². The lowest BCUT2D eigenvalue weighted by Gasteiger charge is -2.34. The number of anilines is 1. The van der Waals surface area contributed by atoms with Gasteiger partial charge in [0.2, 0.25) is 0 Å². The zero-order chi connectivity index (χ0) is 16.1. The molecular weight excluding hydrogens is 296 g/mol. The number of likely N-dealkylation sites (tertiary alicyclic amines) is 1. The van der Waals surface area contributed by atoms with Crippen molar-refractivity contribution >= 4 is 23.5 Å². The Labute approximate surface area is 137 Å². The Hall–Kier alpha value is -1.20. The molecule has 5 heteroatoms. The van der Waals surface area contributed by atoms with Crippen molar-refractivity contribution < 1.29 is 9.90 Å². The van der Waals surface area contributed by atoms with E-state index in [1.807, 2.05) is 29.2 Å². The van der Waals surface area contributed by atoms with E-state index in [1.165, 1.54) is 0 Å². The molecule has 0 aliphatic carbocycles. The second kappa shape index (κ2) is 7.88. The summed E-state index contributed by atoms with van der Waals surface area (Å²) in [5.74, 6) is 0.180. The Bertz CT molecular complexity index is 505. The van der Waals surface area contributed by atoms with E-state index in [2.05, 4.69) is 19.2 Å². The minimum Gasteiger partial charge on any atom is -0.393 e. The summed E-state index contributed by atoms with van der Waals surface area (Å²) in [7, 11) is 0. The van der Waals surface area contributed by atoms with Crippen LogP contribution in [0.25, 0.3) is 0 Å². The Kier molecular flexibility index (Phi) is 6.15. The van der Waals surface area contributed by atoms with Crippen molar-refractivity contribution in [3.05, 3.63) is 24.3 Å². The quantitative estimate of drug-likeness (QED) is 0.829. The first-order valence-corrected chi connectivity index (χ1v) is 8.85. The molecule has 0 aromatic heterocycles. The zero-order valence-corrected chi connectivity index (χ0v) is 14.4. The summed E-state index contributed by atoms with van der Waals surface area (Å²) >= 11 is 1.75.